The van der Waals surface area contributed by atoms with E-state index in [0.717, 1.165) is 31.6 Å². The summed E-state index contributed by atoms with van der Waals surface area (Å²) in [6.07, 6.45) is 1.93. The Balaban J connectivity index is 1.25. The third kappa shape index (κ3) is 4.84. The van der Waals surface area contributed by atoms with Crippen LogP contribution in [-0.4, -0.2) is 53.1 Å². The van der Waals surface area contributed by atoms with Gasteiger partial charge in [-0.05, 0) is 48.6 Å². The van der Waals surface area contributed by atoms with Gasteiger partial charge in [0.2, 0.25) is 17.8 Å². The van der Waals surface area contributed by atoms with Crippen LogP contribution in [0.1, 0.15) is 38.2 Å². The SMILES string of the molecule is CC(C)C(=O)N1CCC(c2ccc(NC(=O)C3CN(c4ccc(F)nn4)C3)cc2)CC1. The van der Waals surface area contributed by atoms with Crippen LogP contribution in [0.25, 0.3) is 0 Å². The average Bonchev–Trinajstić information content (AvgIpc) is 2.74. The monoisotopic (exact) mass is 425 g/mol. The fraction of sp³-hybridized carbons (Fsp3) is 0.478. The number of halogens is 1. The van der Waals surface area contributed by atoms with E-state index in [2.05, 4.69) is 27.6 Å². The predicted molar refractivity (Wildman–Crippen MR) is 116 cm³/mol. The molecule has 4 rings (SSSR count). The molecule has 2 aliphatic heterocycles. The minimum Gasteiger partial charge on any atom is -0.353 e. The van der Waals surface area contributed by atoms with Crippen LogP contribution < -0.4 is 10.2 Å². The fourth-order valence-electron chi connectivity index (χ4n) is 4.19. The van der Waals surface area contributed by atoms with Crippen LogP contribution in [0.2, 0.25) is 0 Å². The number of aromatic nitrogens is 2. The van der Waals surface area contributed by atoms with Gasteiger partial charge in [0.05, 0.1) is 5.92 Å². The van der Waals surface area contributed by atoms with Crippen molar-refractivity contribution >= 4 is 23.3 Å². The maximum Gasteiger partial charge on any atom is 0.233 e. The first-order chi connectivity index (χ1) is 14.9. The van der Waals surface area contributed by atoms with Crippen LogP contribution in [0.4, 0.5) is 15.9 Å². The van der Waals surface area contributed by atoms with Crippen molar-refractivity contribution < 1.29 is 14.0 Å². The summed E-state index contributed by atoms with van der Waals surface area (Å²) < 4.78 is 12.9. The summed E-state index contributed by atoms with van der Waals surface area (Å²) in [4.78, 5) is 28.5. The van der Waals surface area contributed by atoms with E-state index in [1.165, 1.54) is 11.6 Å². The number of nitrogens with one attached hydrogen (secondary N) is 1. The second-order valence-electron chi connectivity index (χ2n) is 8.68. The first-order valence-corrected chi connectivity index (χ1v) is 10.8. The molecule has 0 aliphatic carbocycles. The van der Waals surface area contributed by atoms with Gasteiger partial charge in [0.1, 0.15) is 0 Å². The maximum atomic E-state index is 12.9. The number of benzene rings is 1. The normalized spacial score (nSPS) is 17.5. The topological polar surface area (TPSA) is 78.4 Å². The smallest absolute Gasteiger partial charge is 0.233 e. The van der Waals surface area contributed by atoms with E-state index in [4.69, 9.17) is 0 Å². The molecule has 164 valence electrons. The molecule has 31 heavy (non-hydrogen) atoms. The Kier molecular flexibility index (Phi) is 6.15. The number of rotatable bonds is 5. The predicted octanol–water partition coefficient (Wildman–Crippen LogP) is 3.05. The van der Waals surface area contributed by atoms with Gasteiger partial charge in [-0.3, -0.25) is 9.59 Å². The largest absolute Gasteiger partial charge is 0.353 e. The van der Waals surface area contributed by atoms with Gasteiger partial charge in [-0.25, -0.2) is 0 Å². The minimum atomic E-state index is -0.614. The van der Waals surface area contributed by atoms with Gasteiger partial charge >= 0.3 is 0 Å². The summed E-state index contributed by atoms with van der Waals surface area (Å²) in [5.41, 5.74) is 2.03. The lowest BCUT2D eigenvalue weighted by molar-refractivity contribution is -0.135. The quantitative estimate of drug-likeness (QED) is 0.797. The molecule has 1 N–H and O–H groups in total. The lowest BCUT2D eigenvalue weighted by Gasteiger charge is -2.38. The highest BCUT2D eigenvalue weighted by molar-refractivity contribution is 5.94. The van der Waals surface area contributed by atoms with Crippen LogP contribution >= 0.6 is 0 Å². The summed E-state index contributed by atoms with van der Waals surface area (Å²) in [6.45, 7) is 6.57. The fourth-order valence-corrected chi connectivity index (χ4v) is 4.19. The van der Waals surface area contributed by atoms with Crippen molar-refractivity contribution in [1.29, 1.82) is 0 Å². The molecule has 1 aromatic carbocycles. The maximum absolute atomic E-state index is 12.9. The first-order valence-electron chi connectivity index (χ1n) is 10.8. The molecular formula is C23H28FN5O2. The van der Waals surface area contributed by atoms with Crippen molar-refractivity contribution in [2.24, 2.45) is 11.8 Å². The summed E-state index contributed by atoms with van der Waals surface area (Å²) in [7, 11) is 0. The number of piperidine rings is 1. The number of hydrogen-bond donors (Lipinski definition) is 1. The highest BCUT2D eigenvalue weighted by Gasteiger charge is 2.33. The zero-order valence-corrected chi connectivity index (χ0v) is 17.9. The number of nitrogens with zero attached hydrogens (tertiary/aromatic N) is 4. The molecular weight excluding hydrogens is 397 g/mol. The second kappa shape index (κ2) is 8.99. The van der Waals surface area contributed by atoms with Crippen LogP contribution in [0, 0.1) is 17.8 Å². The van der Waals surface area contributed by atoms with Crippen LogP contribution in [-0.2, 0) is 9.59 Å². The zero-order chi connectivity index (χ0) is 22.0. The Bertz CT molecular complexity index is 918. The Morgan fingerprint density at radius 2 is 1.71 bits per heavy atom. The zero-order valence-electron chi connectivity index (χ0n) is 17.9. The van der Waals surface area contributed by atoms with Gasteiger partial charge in [0, 0.05) is 37.8 Å². The van der Waals surface area contributed by atoms with Gasteiger partial charge in [0.15, 0.2) is 5.82 Å². The molecule has 1 aromatic heterocycles. The second-order valence-corrected chi connectivity index (χ2v) is 8.68. The first kappa shape index (κ1) is 21.2. The van der Waals surface area contributed by atoms with Crippen LogP contribution in [0.5, 0.6) is 0 Å². The number of amides is 2. The molecule has 8 heteroatoms. The van der Waals surface area contributed by atoms with Crippen LogP contribution in [0.15, 0.2) is 36.4 Å². The Hall–Kier alpha value is -3.03. The third-order valence-corrected chi connectivity index (χ3v) is 6.14. The van der Waals surface area contributed by atoms with Crippen molar-refractivity contribution in [1.82, 2.24) is 15.1 Å². The molecule has 2 fully saturated rings. The molecule has 0 spiro atoms. The lowest BCUT2D eigenvalue weighted by Crippen LogP contribution is -2.52. The molecule has 2 aliphatic rings. The van der Waals surface area contributed by atoms with Gasteiger partial charge in [0.25, 0.3) is 0 Å². The molecule has 0 radical (unpaired) electrons. The molecule has 0 bridgehead atoms. The van der Waals surface area contributed by atoms with E-state index in [1.54, 1.807) is 6.07 Å². The van der Waals surface area contributed by atoms with E-state index in [-0.39, 0.29) is 23.7 Å². The lowest BCUT2D eigenvalue weighted by atomic mass is 9.89. The Labute approximate surface area is 181 Å². The van der Waals surface area contributed by atoms with Crippen molar-refractivity contribution in [2.75, 3.05) is 36.4 Å². The Morgan fingerprint density at radius 1 is 1.03 bits per heavy atom. The van der Waals surface area contributed by atoms with Gasteiger partial charge in [-0.1, -0.05) is 26.0 Å². The van der Waals surface area contributed by atoms with Gasteiger partial charge in [-0.2, -0.15) is 4.39 Å². The summed E-state index contributed by atoms with van der Waals surface area (Å²) in [6, 6.07) is 10.9. The highest BCUT2D eigenvalue weighted by Crippen LogP contribution is 2.30. The van der Waals surface area contributed by atoms with Gasteiger partial charge in [-0.15, -0.1) is 10.2 Å². The van der Waals surface area contributed by atoms with Crippen molar-refractivity contribution in [3.05, 3.63) is 47.9 Å². The van der Waals surface area contributed by atoms with Crippen molar-refractivity contribution in [3.8, 4) is 0 Å². The molecule has 2 aromatic rings. The van der Waals surface area contributed by atoms with Crippen molar-refractivity contribution in [3.63, 3.8) is 0 Å². The van der Waals surface area contributed by atoms with E-state index in [9.17, 15) is 14.0 Å². The third-order valence-electron chi connectivity index (χ3n) is 6.14. The molecule has 7 nitrogen and oxygen atoms in total. The van der Waals surface area contributed by atoms with Crippen LogP contribution in [0.3, 0.4) is 0 Å². The highest BCUT2D eigenvalue weighted by atomic mass is 19.1. The molecule has 0 unspecified atom stereocenters. The molecule has 2 amide bonds. The van der Waals surface area contributed by atoms with Gasteiger partial charge < -0.3 is 15.1 Å². The van der Waals surface area contributed by atoms with E-state index >= 15 is 0 Å². The number of carbonyl (C=O) groups excluding carboxylic acids is 2. The molecule has 0 saturated carbocycles. The standard InChI is InChI=1S/C23H28FN5O2/c1-15(2)23(31)28-11-9-17(10-12-28)16-3-5-19(6-4-16)25-22(30)18-13-29(14-18)21-8-7-20(24)26-27-21/h3-8,15,17-18H,9-14H2,1-2H3,(H,25,30). The van der Waals surface area contributed by atoms with E-state index in [1.807, 2.05) is 35.8 Å². The van der Waals surface area contributed by atoms with E-state index in [0.29, 0.717) is 24.8 Å². The molecule has 2 saturated heterocycles. The Morgan fingerprint density at radius 3 is 2.29 bits per heavy atom. The average molecular weight is 426 g/mol. The summed E-state index contributed by atoms with van der Waals surface area (Å²) in [5, 5.41) is 10.2. The van der Waals surface area contributed by atoms with E-state index < -0.39 is 5.95 Å². The number of anilines is 2. The minimum absolute atomic E-state index is 0.0282. The summed E-state index contributed by atoms with van der Waals surface area (Å²) >= 11 is 0. The number of hydrogen-bond acceptors (Lipinski definition) is 5. The number of likely N-dealkylation sites (tertiary alicyclic amines) is 1. The molecule has 0 atom stereocenters. The molecule has 3 heterocycles. The van der Waals surface area contributed by atoms with Crippen molar-refractivity contribution in [2.45, 2.75) is 32.6 Å². The number of carbonyl (C=O) groups is 2. The summed E-state index contributed by atoms with van der Waals surface area (Å²) in [5.74, 6) is 0.530.